The van der Waals surface area contributed by atoms with Gasteiger partial charge in [-0.25, -0.2) is 0 Å². The van der Waals surface area contributed by atoms with Crippen molar-refractivity contribution < 1.29 is 9.59 Å². The molecule has 3 unspecified atom stereocenters. The molecular formula is C22H28N2O2S. The molecule has 5 fully saturated rings. The average Bonchev–Trinajstić information content (AvgIpc) is 3.34. The summed E-state index contributed by atoms with van der Waals surface area (Å²) in [6.07, 6.45) is 7.25. The lowest BCUT2D eigenvalue weighted by Crippen LogP contribution is -2.71. The third-order valence-corrected chi connectivity index (χ3v) is 8.24. The second-order valence-corrected chi connectivity index (χ2v) is 9.95. The zero-order chi connectivity index (χ0) is 18.4. The van der Waals surface area contributed by atoms with Crippen molar-refractivity contribution in [1.82, 2.24) is 9.80 Å². The summed E-state index contributed by atoms with van der Waals surface area (Å²) in [4.78, 5) is 29.7. The van der Waals surface area contributed by atoms with Gasteiger partial charge >= 0.3 is 0 Å². The van der Waals surface area contributed by atoms with E-state index < -0.39 is 0 Å². The van der Waals surface area contributed by atoms with Crippen LogP contribution in [-0.4, -0.2) is 57.8 Å². The number of benzene rings is 1. The Hall–Kier alpha value is -1.49. The average molecular weight is 385 g/mol. The molecule has 5 aliphatic rings. The first-order valence-corrected chi connectivity index (χ1v) is 11.5. The molecule has 3 heterocycles. The Morgan fingerprint density at radius 2 is 1.70 bits per heavy atom. The molecule has 144 valence electrons. The normalized spacial score (nSPS) is 32.3. The third kappa shape index (κ3) is 3.39. The topological polar surface area (TPSA) is 40.6 Å². The van der Waals surface area contributed by atoms with Gasteiger partial charge in [-0.2, -0.15) is 0 Å². The summed E-state index contributed by atoms with van der Waals surface area (Å²) in [6, 6.07) is 10.9. The highest BCUT2D eigenvalue weighted by atomic mass is 32.2. The maximum Gasteiger partial charge on any atom is 0.232 e. The lowest BCUT2D eigenvalue weighted by molar-refractivity contribution is -0.161. The van der Waals surface area contributed by atoms with E-state index in [0.717, 1.165) is 25.9 Å². The summed E-state index contributed by atoms with van der Waals surface area (Å²) in [5.74, 6) is 1.80. The summed E-state index contributed by atoms with van der Waals surface area (Å²) < 4.78 is 0. The summed E-state index contributed by atoms with van der Waals surface area (Å²) in [5, 5.41) is 0.691. The number of piperidine rings is 1. The van der Waals surface area contributed by atoms with Crippen LogP contribution in [0, 0.1) is 5.92 Å². The zero-order valence-corrected chi connectivity index (χ0v) is 16.6. The van der Waals surface area contributed by atoms with Crippen LogP contribution in [0.3, 0.4) is 0 Å². The van der Waals surface area contributed by atoms with E-state index in [1.54, 1.807) is 0 Å². The third-order valence-electron chi connectivity index (χ3n) is 6.88. The van der Waals surface area contributed by atoms with Crippen molar-refractivity contribution in [2.75, 3.05) is 18.8 Å². The van der Waals surface area contributed by atoms with Gasteiger partial charge in [-0.1, -0.05) is 43.2 Å². The van der Waals surface area contributed by atoms with Gasteiger partial charge in [0.2, 0.25) is 11.8 Å². The number of hydrogen-bond donors (Lipinski definition) is 0. The molecule has 1 aromatic rings. The molecule has 0 radical (unpaired) electrons. The highest BCUT2D eigenvalue weighted by Crippen LogP contribution is 2.50. The minimum Gasteiger partial charge on any atom is -0.338 e. The Kier molecular flexibility index (Phi) is 4.66. The lowest BCUT2D eigenvalue weighted by atomic mass is 9.86. The van der Waals surface area contributed by atoms with Crippen molar-refractivity contribution in [1.29, 1.82) is 0 Å². The Morgan fingerprint density at radius 1 is 1.00 bits per heavy atom. The van der Waals surface area contributed by atoms with E-state index >= 15 is 0 Å². The molecule has 2 amide bonds. The molecule has 2 bridgehead atoms. The van der Waals surface area contributed by atoms with Gasteiger partial charge in [0, 0.05) is 24.3 Å². The first-order chi connectivity index (χ1) is 13.2. The number of nitrogens with zero attached hydrogens (tertiary/aromatic N) is 2. The molecule has 0 spiro atoms. The van der Waals surface area contributed by atoms with E-state index in [2.05, 4.69) is 29.2 Å². The number of thioether (sulfide) groups is 1. The summed E-state index contributed by atoms with van der Waals surface area (Å²) in [5.41, 5.74) is 1.29. The minimum atomic E-state index is 0.165. The Bertz CT molecular complexity index is 706. The van der Waals surface area contributed by atoms with Crippen LogP contribution in [-0.2, 0) is 9.59 Å². The maximum absolute atomic E-state index is 13.0. The maximum atomic E-state index is 13.0. The molecule has 5 heteroatoms. The van der Waals surface area contributed by atoms with E-state index in [0.29, 0.717) is 22.8 Å². The van der Waals surface area contributed by atoms with Gasteiger partial charge in [0.05, 0.1) is 17.8 Å². The van der Waals surface area contributed by atoms with Gasteiger partial charge in [0.25, 0.3) is 0 Å². The van der Waals surface area contributed by atoms with E-state index in [1.165, 1.54) is 31.2 Å². The number of piperazine rings is 1. The van der Waals surface area contributed by atoms with Gasteiger partial charge in [-0.05, 0) is 37.2 Å². The van der Waals surface area contributed by atoms with Gasteiger partial charge in [0.1, 0.15) is 0 Å². The SMILES string of the molecule is O=C(CSC1CCCC1)N1CC2CC(C1)N2C(=O)C1C[C@@H]1c1ccccc1. The molecule has 2 aliphatic carbocycles. The molecule has 0 aromatic heterocycles. The fourth-order valence-corrected chi connectivity index (χ4v) is 6.46. The Balaban J connectivity index is 1.13. The first-order valence-electron chi connectivity index (χ1n) is 10.5. The van der Waals surface area contributed by atoms with Crippen LogP contribution in [0.15, 0.2) is 30.3 Å². The van der Waals surface area contributed by atoms with Crippen LogP contribution in [0.4, 0.5) is 0 Å². The van der Waals surface area contributed by atoms with Crippen molar-refractivity contribution in [2.45, 2.75) is 61.8 Å². The fraction of sp³-hybridized carbons (Fsp3) is 0.636. The number of fused-ring (bicyclic) bond motifs is 2. The molecule has 1 aromatic carbocycles. The standard InChI is InChI=1S/C22H28N2O2S/c25-21(14-27-18-8-4-5-9-18)23-12-16-10-17(13-23)24(16)22(26)20-11-19(20)15-6-2-1-3-7-15/h1-3,6-7,16-20H,4-5,8-14H2/t16?,17?,19-,20?/m1/s1. The largest absolute Gasteiger partial charge is 0.338 e. The molecule has 0 N–H and O–H groups in total. The Morgan fingerprint density at radius 3 is 2.41 bits per heavy atom. The van der Waals surface area contributed by atoms with Gasteiger partial charge in [-0.3, -0.25) is 9.59 Å². The predicted octanol–water partition coefficient (Wildman–Crippen LogP) is 3.28. The van der Waals surface area contributed by atoms with Crippen molar-refractivity contribution in [3.63, 3.8) is 0 Å². The zero-order valence-electron chi connectivity index (χ0n) is 15.8. The highest BCUT2D eigenvalue weighted by molar-refractivity contribution is 8.00. The van der Waals surface area contributed by atoms with Crippen LogP contribution in [0.2, 0.25) is 0 Å². The number of rotatable bonds is 5. The van der Waals surface area contributed by atoms with Crippen LogP contribution >= 0.6 is 11.8 Å². The smallest absolute Gasteiger partial charge is 0.232 e. The predicted molar refractivity (Wildman–Crippen MR) is 108 cm³/mol. The van der Waals surface area contributed by atoms with Crippen molar-refractivity contribution in [3.8, 4) is 0 Å². The molecule has 6 rings (SSSR count). The molecule has 4 nitrogen and oxygen atoms in total. The van der Waals surface area contributed by atoms with Crippen molar-refractivity contribution >= 4 is 23.6 Å². The van der Waals surface area contributed by atoms with E-state index in [1.807, 2.05) is 22.7 Å². The molecule has 3 saturated heterocycles. The van der Waals surface area contributed by atoms with Gasteiger partial charge in [0.15, 0.2) is 0 Å². The van der Waals surface area contributed by atoms with Gasteiger partial charge in [-0.15, -0.1) is 11.8 Å². The van der Waals surface area contributed by atoms with Crippen molar-refractivity contribution in [2.24, 2.45) is 5.92 Å². The van der Waals surface area contributed by atoms with E-state index in [4.69, 9.17) is 0 Å². The lowest BCUT2D eigenvalue weighted by Gasteiger charge is -2.56. The van der Waals surface area contributed by atoms with Gasteiger partial charge < -0.3 is 9.80 Å². The monoisotopic (exact) mass is 384 g/mol. The fourth-order valence-electron chi connectivity index (χ4n) is 5.24. The quantitative estimate of drug-likeness (QED) is 0.782. The van der Waals surface area contributed by atoms with Crippen LogP contribution in [0.25, 0.3) is 0 Å². The first kappa shape index (κ1) is 17.6. The molecular weight excluding hydrogens is 356 g/mol. The van der Waals surface area contributed by atoms with Crippen LogP contribution in [0.1, 0.15) is 50.0 Å². The molecule has 4 atom stereocenters. The summed E-state index contributed by atoms with van der Waals surface area (Å²) >= 11 is 1.85. The van der Waals surface area contributed by atoms with Crippen LogP contribution in [0.5, 0.6) is 0 Å². The molecule has 27 heavy (non-hydrogen) atoms. The molecule has 2 saturated carbocycles. The second kappa shape index (κ2) is 7.16. The van der Waals surface area contributed by atoms with Crippen LogP contribution < -0.4 is 0 Å². The summed E-state index contributed by atoms with van der Waals surface area (Å²) in [6.45, 7) is 1.49. The number of amides is 2. The highest BCUT2D eigenvalue weighted by Gasteiger charge is 2.54. The van der Waals surface area contributed by atoms with E-state index in [9.17, 15) is 9.59 Å². The van der Waals surface area contributed by atoms with Crippen molar-refractivity contribution in [3.05, 3.63) is 35.9 Å². The summed E-state index contributed by atoms with van der Waals surface area (Å²) in [7, 11) is 0. The number of carbonyl (C=O) groups is 2. The van der Waals surface area contributed by atoms with E-state index in [-0.39, 0.29) is 23.9 Å². The number of carbonyl (C=O) groups excluding carboxylic acids is 2. The minimum absolute atomic E-state index is 0.165. The molecule has 3 aliphatic heterocycles. The second-order valence-electron chi connectivity index (χ2n) is 8.66. The number of hydrogen-bond acceptors (Lipinski definition) is 3. The Labute approximate surface area is 165 Å².